The fourth-order valence-electron chi connectivity index (χ4n) is 2.94. The van der Waals surface area contributed by atoms with Crippen LogP contribution in [0.3, 0.4) is 0 Å². The average molecular weight is 2900 g/mol. The SMILES string of the molecule is Cc1ccc2c(c1C)-c1c(ccc(C)c1C)C2.[CH3-].[Y].[Y].[Y].[Y].[Y].[Y].[Y].[Y].[Y].[Y].[Y].[Y].[Y].[Y].[Y].[Y].[Y].[Y].[Y].[Y].[Y].[Y].[Y].[Y].[Y].[Y].[Y].[Y].[Y].[Y]. The molecule has 1 aliphatic rings. The largest absolute Gasteiger partial charge is 0.358 e. The van der Waals surface area contributed by atoms with E-state index in [1.54, 1.807) is 0 Å². The summed E-state index contributed by atoms with van der Waals surface area (Å²) < 4.78 is 0. The minimum atomic E-state index is 0. The van der Waals surface area contributed by atoms with Crippen molar-refractivity contribution in [1.82, 2.24) is 0 Å². The van der Waals surface area contributed by atoms with E-state index in [1.807, 2.05) is 0 Å². The Hall–Kier alpha value is 31.6. The molecule has 0 saturated carbocycles. The van der Waals surface area contributed by atoms with E-state index in [9.17, 15) is 0 Å². The van der Waals surface area contributed by atoms with Crippen LogP contribution in [0.4, 0.5) is 0 Å². The minimum absolute atomic E-state index is 0. The number of benzene rings is 2. The summed E-state index contributed by atoms with van der Waals surface area (Å²) >= 11 is 0. The number of hydrogen-bond acceptors (Lipinski definition) is 0. The summed E-state index contributed by atoms with van der Waals surface area (Å²) in [4.78, 5) is 0. The van der Waals surface area contributed by atoms with Crippen LogP contribution in [0.1, 0.15) is 33.4 Å². The van der Waals surface area contributed by atoms with Crippen LogP contribution in [0.15, 0.2) is 24.3 Å². The van der Waals surface area contributed by atoms with Crippen LogP contribution >= 0.6 is 0 Å². The maximum atomic E-state index is 2.30. The van der Waals surface area contributed by atoms with Gasteiger partial charge in [-0.1, -0.05) is 24.3 Å². The van der Waals surface area contributed by atoms with E-state index in [0.717, 1.165) is 6.42 Å². The standard InChI is InChI=1S/C17H18.CH3.30Y/c1-10-5-7-14-9-15-8-6-11(2)13(4)17(15)16(14)12(10)3;;;;;;;;;;;;;;;;;;;;;;;;;;;;;;;/h5-8H,9H2,1-4H3;1H3;;;;;;;;;;;;;;;;;;;;;;;;;;;;;;/q;-1;;;;;;;;;;;;;;;;;;;;;;;;;;;;;;. The number of fused-ring (bicyclic) bond motifs is 3. The normalized spacial score (nSPS) is 4.42. The Morgan fingerprint density at radius 3 is 0.562 bits per heavy atom. The van der Waals surface area contributed by atoms with Gasteiger partial charge in [0.1, 0.15) is 0 Å². The van der Waals surface area contributed by atoms with Crippen molar-refractivity contribution in [2.24, 2.45) is 0 Å². The van der Waals surface area contributed by atoms with Gasteiger partial charge >= 0.3 is 0 Å². The predicted octanol–water partition coefficient (Wildman–Crippen LogP) is 4.87. The summed E-state index contributed by atoms with van der Waals surface area (Å²) in [5.41, 5.74) is 11.7. The van der Waals surface area contributed by atoms with Crippen molar-refractivity contribution >= 4 is 0 Å². The van der Waals surface area contributed by atoms with Gasteiger partial charge in [-0.15, -0.1) is 0 Å². The molecule has 0 N–H and O–H groups in total. The number of aryl methyl sites for hydroxylation is 2. The second-order valence-electron chi connectivity index (χ2n) is 5.26. The fourth-order valence-corrected chi connectivity index (χ4v) is 2.94. The summed E-state index contributed by atoms with van der Waals surface area (Å²) in [6.07, 6.45) is 1.10. The van der Waals surface area contributed by atoms with Crippen molar-refractivity contribution in [1.29, 1.82) is 0 Å². The number of hydrogen-bond donors (Lipinski definition) is 0. The molecule has 3 rings (SSSR count). The van der Waals surface area contributed by atoms with Crippen LogP contribution in [0, 0.1) is 35.1 Å². The predicted molar refractivity (Wildman–Crippen MR) is 80.0 cm³/mol. The molecule has 0 amide bonds. The Kier molecular flexibility index (Phi) is 516. The second-order valence-corrected chi connectivity index (χ2v) is 5.26. The van der Waals surface area contributed by atoms with E-state index in [0.29, 0.717) is 0 Å². The van der Waals surface area contributed by atoms with Crippen molar-refractivity contribution < 1.29 is 981 Å². The molecule has 2 aromatic carbocycles. The maximum Gasteiger partial charge on any atom is 0 e. The third-order valence-corrected chi connectivity index (χ3v) is 4.28. The molecule has 0 aliphatic heterocycles. The molecule has 30 heteroatoms. The molecule has 30 radical (unpaired) electrons. The fraction of sp³-hybridized carbons (Fsp3) is 0.278. The van der Waals surface area contributed by atoms with E-state index in [1.165, 1.54) is 44.5 Å². The van der Waals surface area contributed by atoms with E-state index in [2.05, 4.69) is 52.0 Å². The van der Waals surface area contributed by atoms with Gasteiger partial charge in [0, 0.05) is 981 Å². The first-order chi connectivity index (χ1) is 8.09. The van der Waals surface area contributed by atoms with Crippen LogP contribution in [-0.4, -0.2) is 0 Å². The molecule has 0 atom stereocenters. The van der Waals surface area contributed by atoms with E-state index in [4.69, 9.17) is 0 Å². The smallest absolute Gasteiger partial charge is 0 e. The Morgan fingerprint density at radius 1 is 0.271 bits per heavy atom. The van der Waals surface area contributed by atoms with Crippen LogP contribution < -0.4 is 0 Å². The van der Waals surface area contributed by atoms with Gasteiger partial charge in [-0.3, -0.25) is 0 Å². The van der Waals surface area contributed by atoms with Gasteiger partial charge in [0.15, 0.2) is 0 Å². The zero-order chi connectivity index (χ0) is 12.2. The first kappa shape index (κ1) is 192. The van der Waals surface area contributed by atoms with Crippen LogP contribution in [0.25, 0.3) is 11.1 Å². The topological polar surface area (TPSA) is 0 Å². The summed E-state index contributed by atoms with van der Waals surface area (Å²) in [6.45, 7) is 8.92. The van der Waals surface area contributed by atoms with Crippen LogP contribution in [-0.2, 0) is 988 Å². The summed E-state index contributed by atoms with van der Waals surface area (Å²) in [7, 11) is 0. The molecular formula is C18H21Y30-. The molecule has 184 valence electrons. The van der Waals surface area contributed by atoms with Gasteiger partial charge in [0.25, 0.3) is 0 Å². The van der Waals surface area contributed by atoms with Crippen molar-refractivity contribution in [2.75, 3.05) is 0 Å². The van der Waals surface area contributed by atoms with Crippen LogP contribution in [0.5, 0.6) is 0 Å². The van der Waals surface area contributed by atoms with Gasteiger partial charge < -0.3 is 7.43 Å². The quantitative estimate of drug-likeness (QED) is 0.283. The molecule has 1 aliphatic carbocycles. The van der Waals surface area contributed by atoms with Gasteiger partial charge in [0.05, 0.1) is 0 Å². The van der Waals surface area contributed by atoms with Crippen molar-refractivity contribution in [3.05, 3.63) is 65.1 Å². The second kappa shape index (κ2) is 129. The maximum absolute atomic E-state index is 2.30. The molecule has 48 heavy (non-hydrogen) atoms. The first-order valence-corrected chi connectivity index (χ1v) is 6.28. The van der Waals surface area contributed by atoms with E-state index < -0.39 is 0 Å². The van der Waals surface area contributed by atoms with E-state index in [-0.39, 0.29) is 989 Å². The zero-order valence-corrected chi connectivity index (χ0v) is 114. The molecule has 0 spiro atoms. The summed E-state index contributed by atoms with van der Waals surface area (Å²) in [6, 6.07) is 9.10. The molecule has 0 aromatic heterocycles. The van der Waals surface area contributed by atoms with Gasteiger partial charge in [0.2, 0.25) is 0 Å². The van der Waals surface area contributed by atoms with Crippen LogP contribution in [0.2, 0.25) is 0 Å². The van der Waals surface area contributed by atoms with Gasteiger partial charge in [-0.25, -0.2) is 0 Å². The van der Waals surface area contributed by atoms with Crippen molar-refractivity contribution in [2.45, 2.75) is 34.1 Å². The van der Waals surface area contributed by atoms with Crippen molar-refractivity contribution in [3.63, 3.8) is 0 Å². The molecule has 0 saturated heterocycles. The van der Waals surface area contributed by atoms with Crippen molar-refractivity contribution in [3.8, 4) is 11.1 Å². The van der Waals surface area contributed by atoms with Gasteiger partial charge in [-0.05, 0) is 78.6 Å². The monoisotopic (exact) mass is 2900 g/mol. The molecule has 0 heterocycles. The molecular weight excluding hydrogens is 2880 g/mol. The van der Waals surface area contributed by atoms with E-state index >= 15 is 0 Å². The minimum Gasteiger partial charge on any atom is -0.358 e. The third-order valence-electron chi connectivity index (χ3n) is 4.28. The average Bonchev–Trinajstić information content (AvgIpc) is 2.69. The zero-order valence-electron chi connectivity index (χ0n) is 29.3. The Morgan fingerprint density at radius 2 is 0.417 bits per heavy atom. The Balaban J connectivity index is -0.00000000431. The number of rotatable bonds is 0. The summed E-state index contributed by atoms with van der Waals surface area (Å²) in [5.74, 6) is 0. The molecule has 0 unspecified atom stereocenters. The Labute approximate surface area is 1050 Å². The Bertz CT molecular complexity index is 609. The first-order valence-electron chi connectivity index (χ1n) is 6.28. The molecule has 0 nitrogen and oxygen atoms in total. The molecule has 0 fully saturated rings. The molecule has 0 bridgehead atoms. The summed E-state index contributed by atoms with van der Waals surface area (Å²) in [5, 5.41) is 0. The third kappa shape index (κ3) is 84.0. The molecule has 2 aromatic rings. The van der Waals surface area contributed by atoms with Gasteiger partial charge in [-0.2, -0.15) is 0 Å².